The van der Waals surface area contributed by atoms with Crippen LogP contribution in [0.5, 0.6) is 5.75 Å². The summed E-state index contributed by atoms with van der Waals surface area (Å²) in [7, 11) is 0. The van der Waals surface area contributed by atoms with Gasteiger partial charge in [0.2, 0.25) is 0 Å². The summed E-state index contributed by atoms with van der Waals surface area (Å²) in [6, 6.07) is 14.0. The molecule has 0 saturated carbocycles. The van der Waals surface area contributed by atoms with Crippen LogP contribution < -0.4 is 4.74 Å². The summed E-state index contributed by atoms with van der Waals surface area (Å²) in [5.74, 6) is 0.747. The Balaban J connectivity index is 2.14. The summed E-state index contributed by atoms with van der Waals surface area (Å²) in [5, 5.41) is 9.71. The van der Waals surface area contributed by atoms with Crippen molar-refractivity contribution in [2.45, 2.75) is 33.5 Å². The van der Waals surface area contributed by atoms with Crippen molar-refractivity contribution in [3.05, 3.63) is 64.7 Å². The Morgan fingerprint density at radius 3 is 2.32 bits per heavy atom. The molecule has 0 aliphatic heterocycles. The average Bonchev–Trinajstić information content (AvgIpc) is 2.35. The van der Waals surface area contributed by atoms with Gasteiger partial charge in [-0.3, -0.25) is 0 Å². The molecule has 0 amide bonds. The standard InChI is InChI=1S/C17H20O2/c1-12-8-13(2)10-15(9-12)11-19-17-7-5-4-6-16(17)14(3)18/h4-10,14,18H,11H2,1-3H3. The van der Waals surface area contributed by atoms with Gasteiger partial charge in [-0.25, -0.2) is 0 Å². The Bertz CT molecular complexity index is 539. The molecule has 0 saturated heterocycles. The van der Waals surface area contributed by atoms with E-state index in [1.807, 2.05) is 24.3 Å². The van der Waals surface area contributed by atoms with E-state index in [2.05, 4.69) is 32.0 Å². The number of aliphatic hydroxyl groups is 1. The summed E-state index contributed by atoms with van der Waals surface area (Å²) in [5.41, 5.74) is 4.45. The minimum atomic E-state index is -0.518. The van der Waals surface area contributed by atoms with Crippen molar-refractivity contribution in [1.29, 1.82) is 0 Å². The van der Waals surface area contributed by atoms with Crippen molar-refractivity contribution in [3.63, 3.8) is 0 Å². The Hall–Kier alpha value is -1.80. The Morgan fingerprint density at radius 1 is 1.05 bits per heavy atom. The smallest absolute Gasteiger partial charge is 0.125 e. The Labute approximate surface area is 114 Å². The Morgan fingerprint density at radius 2 is 1.68 bits per heavy atom. The van der Waals surface area contributed by atoms with E-state index >= 15 is 0 Å². The van der Waals surface area contributed by atoms with E-state index in [9.17, 15) is 5.11 Å². The van der Waals surface area contributed by atoms with E-state index in [0.29, 0.717) is 6.61 Å². The van der Waals surface area contributed by atoms with Crippen LogP contribution in [0, 0.1) is 13.8 Å². The minimum Gasteiger partial charge on any atom is -0.489 e. The van der Waals surface area contributed by atoms with Crippen molar-refractivity contribution >= 4 is 0 Å². The molecule has 0 aliphatic rings. The third-order valence-electron chi connectivity index (χ3n) is 3.04. The van der Waals surface area contributed by atoms with Crippen molar-refractivity contribution in [2.75, 3.05) is 0 Å². The fourth-order valence-corrected chi connectivity index (χ4v) is 2.27. The summed E-state index contributed by atoms with van der Waals surface area (Å²) in [4.78, 5) is 0. The van der Waals surface area contributed by atoms with Crippen molar-refractivity contribution < 1.29 is 9.84 Å². The number of hydrogen-bond donors (Lipinski definition) is 1. The highest BCUT2D eigenvalue weighted by molar-refractivity contribution is 5.35. The molecule has 2 nitrogen and oxygen atoms in total. The normalized spacial score (nSPS) is 12.2. The molecule has 1 atom stereocenters. The lowest BCUT2D eigenvalue weighted by Crippen LogP contribution is -2.01. The molecule has 1 N–H and O–H groups in total. The molecule has 2 aromatic carbocycles. The van der Waals surface area contributed by atoms with Crippen LogP contribution in [0.1, 0.15) is 35.3 Å². The largest absolute Gasteiger partial charge is 0.489 e. The Kier molecular flexibility index (Phi) is 4.23. The number of hydrogen-bond acceptors (Lipinski definition) is 2. The van der Waals surface area contributed by atoms with E-state index < -0.39 is 6.10 Å². The maximum atomic E-state index is 9.71. The van der Waals surface area contributed by atoms with Crippen molar-refractivity contribution in [2.24, 2.45) is 0 Å². The third-order valence-corrected chi connectivity index (χ3v) is 3.04. The molecule has 2 rings (SSSR count). The highest BCUT2D eigenvalue weighted by Gasteiger charge is 2.08. The van der Waals surface area contributed by atoms with Crippen LogP contribution in [0.4, 0.5) is 0 Å². The number of rotatable bonds is 4. The summed E-state index contributed by atoms with van der Waals surface area (Å²) >= 11 is 0. The number of ether oxygens (including phenoxy) is 1. The molecule has 0 spiro atoms. The predicted octanol–water partition coefficient (Wildman–Crippen LogP) is 3.94. The van der Waals surface area contributed by atoms with Crippen LogP contribution in [0.2, 0.25) is 0 Å². The van der Waals surface area contributed by atoms with Crippen LogP contribution in [0.25, 0.3) is 0 Å². The molecule has 0 aromatic heterocycles. The maximum absolute atomic E-state index is 9.71. The van der Waals surface area contributed by atoms with Gasteiger partial charge in [-0.15, -0.1) is 0 Å². The molecule has 19 heavy (non-hydrogen) atoms. The zero-order chi connectivity index (χ0) is 13.8. The van der Waals surface area contributed by atoms with Gasteiger partial charge in [-0.05, 0) is 32.4 Å². The highest BCUT2D eigenvalue weighted by atomic mass is 16.5. The van der Waals surface area contributed by atoms with Gasteiger partial charge in [0, 0.05) is 5.56 Å². The molecule has 0 heterocycles. The number of aliphatic hydroxyl groups excluding tert-OH is 1. The van der Waals surface area contributed by atoms with E-state index in [1.54, 1.807) is 6.92 Å². The average molecular weight is 256 g/mol. The van der Waals surface area contributed by atoms with Crippen molar-refractivity contribution in [3.8, 4) is 5.75 Å². The predicted molar refractivity (Wildman–Crippen MR) is 77.3 cm³/mol. The number of para-hydroxylation sites is 1. The molecule has 2 aromatic rings. The van der Waals surface area contributed by atoms with E-state index in [1.165, 1.54) is 11.1 Å². The third kappa shape index (κ3) is 3.58. The second-order valence-corrected chi connectivity index (χ2v) is 5.00. The molecule has 100 valence electrons. The SMILES string of the molecule is Cc1cc(C)cc(COc2ccccc2C(C)O)c1. The first-order chi connectivity index (χ1) is 9.06. The minimum absolute atomic E-state index is 0.518. The van der Waals surface area contributed by atoms with Gasteiger partial charge >= 0.3 is 0 Å². The van der Waals surface area contributed by atoms with Gasteiger partial charge in [0.1, 0.15) is 12.4 Å². The maximum Gasteiger partial charge on any atom is 0.125 e. The lowest BCUT2D eigenvalue weighted by atomic mass is 10.1. The lowest BCUT2D eigenvalue weighted by molar-refractivity contribution is 0.190. The molecule has 0 aliphatic carbocycles. The summed E-state index contributed by atoms with van der Waals surface area (Å²) < 4.78 is 5.83. The fourth-order valence-electron chi connectivity index (χ4n) is 2.27. The molecular weight excluding hydrogens is 236 g/mol. The first-order valence-corrected chi connectivity index (χ1v) is 6.53. The van der Waals surface area contributed by atoms with E-state index in [4.69, 9.17) is 4.74 Å². The highest BCUT2D eigenvalue weighted by Crippen LogP contribution is 2.25. The molecule has 0 bridgehead atoms. The van der Waals surface area contributed by atoms with Gasteiger partial charge in [0.05, 0.1) is 6.10 Å². The first-order valence-electron chi connectivity index (χ1n) is 6.53. The zero-order valence-corrected chi connectivity index (χ0v) is 11.7. The lowest BCUT2D eigenvalue weighted by Gasteiger charge is -2.13. The topological polar surface area (TPSA) is 29.5 Å². The van der Waals surface area contributed by atoms with Crippen LogP contribution in [-0.4, -0.2) is 5.11 Å². The summed E-state index contributed by atoms with van der Waals surface area (Å²) in [6.07, 6.45) is -0.518. The molecule has 2 heteroatoms. The van der Waals surface area contributed by atoms with Crippen LogP contribution in [-0.2, 0) is 6.61 Å². The van der Waals surface area contributed by atoms with E-state index in [-0.39, 0.29) is 0 Å². The number of benzene rings is 2. The van der Waals surface area contributed by atoms with Gasteiger partial charge in [0.15, 0.2) is 0 Å². The molecular formula is C17H20O2. The summed E-state index contributed by atoms with van der Waals surface area (Å²) in [6.45, 7) is 6.44. The first kappa shape index (κ1) is 13.6. The van der Waals surface area contributed by atoms with Gasteiger partial charge < -0.3 is 9.84 Å². The van der Waals surface area contributed by atoms with Crippen LogP contribution in [0.15, 0.2) is 42.5 Å². The number of aryl methyl sites for hydroxylation is 2. The second kappa shape index (κ2) is 5.89. The monoisotopic (exact) mass is 256 g/mol. The zero-order valence-electron chi connectivity index (χ0n) is 11.7. The quantitative estimate of drug-likeness (QED) is 0.898. The molecule has 1 unspecified atom stereocenters. The van der Waals surface area contributed by atoms with Crippen LogP contribution in [0.3, 0.4) is 0 Å². The van der Waals surface area contributed by atoms with Gasteiger partial charge in [-0.1, -0.05) is 47.5 Å². The fraction of sp³-hybridized carbons (Fsp3) is 0.294. The van der Waals surface area contributed by atoms with E-state index in [0.717, 1.165) is 16.9 Å². The van der Waals surface area contributed by atoms with Gasteiger partial charge in [0.25, 0.3) is 0 Å². The molecule has 0 radical (unpaired) electrons. The van der Waals surface area contributed by atoms with Gasteiger partial charge in [-0.2, -0.15) is 0 Å². The van der Waals surface area contributed by atoms with Crippen LogP contribution >= 0.6 is 0 Å². The second-order valence-electron chi connectivity index (χ2n) is 5.00. The molecule has 0 fully saturated rings. The van der Waals surface area contributed by atoms with Crippen molar-refractivity contribution in [1.82, 2.24) is 0 Å².